The van der Waals surface area contributed by atoms with Gasteiger partial charge in [-0.25, -0.2) is 4.79 Å². The number of carboxylic acid groups (broad SMARTS) is 1. The van der Waals surface area contributed by atoms with Crippen molar-refractivity contribution in [1.29, 1.82) is 0 Å². The molecule has 0 aromatic carbocycles. The highest BCUT2D eigenvalue weighted by Crippen LogP contribution is 2.08. The number of hydrogen-bond acceptors (Lipinski definition) is 3. The molecule has 0 bridgehead atoms. The number of aromatic carboxylic acids is 1. The Morgan fingerprint density at radius 2 is 2.00 bits per heavy atom. The Labute approximate surface area is 100 Å². The number of nitrogens with zero attached hydrogens (tertiary/aromatic N) is 2. The normalized spacial score (nSPS) is 10.9. The molecule has 1 N–H and O–H groups in total. The molecule has 0 amide bonds. The van der Waals surface area contributed by atoms with Gasteiger partial charge >= 0.3 is 5.97 Å². The van der Waals surface area contributed by atoms with E-state index in [9.17, 15) is 9.59 Å². The molecule has 0 aliphatic heterocycles. The summed E-state index contributed by atoms with van der Waals surface area (Å²) in [5.41, 5.74) is 0.815. The molecule has 94 valence electrons. The molecule has 0 aliphatic carbocycles. The molecule has 0 spiro atoms. The summed E-state index contributed by atoms with van der Waals surface area (Å²) in [4.78, 5) is 25.0. The van der Waals surface area contributed by atoms with Crippen molar-refractivity contribution in [3.8, 4) is 0 Å². The van der Waals surface area contributed by atoms with Crippen molar-refractivity contribution in [3.63, 3.8) is 0 Å². The van der Waals surface area contributed by atoms with Crippen LogP contribution in [0.3, 0.4) is 0 Å². The highest BCUT2D eigenvalue weighted by molar-refractivity contribution is 5.89. The van der Waals surface area contributed by atoms with E-state index >= 15 is 0 Å². The first-order chi connectivity index (χ1) is 7.84. The number of pyridine rings is 1. The average molecular weight is 238 g/mol. The second-order valence-corrected chi connectivity index (χ2v) is 4.42. The maximum atomic E-state index is 12.0. The molecule has 1 rings (SSSR count). The molecule has 0 radical (unpaired) electrons. The molecule has 1 aromatic rings. The van der Waals surface area contributed by atoms with Crippen molar-refractivity contribution in [1.82, 2.24) is 9.47 Å². The van der Waals surface area contributed by atoms with E-state index in [4.69, 9.17) is 5.11 Å². The Hall–Kier alpha value is -1.62. The van der Waals surface area contributed by atoms with Crippen LogP contribution in [-0.4, -0.2) is 41.2 Å². The standard InChI is InChI=1S/C12H18N2O3/c1-8-7-14(6-5-13(3)4)11(15)10(9(8)2)12(16)17/h7H,5-6H2,1-4H3,(H,16,17). The molecule has 0 saturated heterocycles. The van der Waals surface area contributed by atoms with Gasteiger partial charge in [-0.1, -0.05) is 0 Å². The minimum atomic E-state index is -1.16. The smallest absolute Gasteiger partial charge is 0.341 e. The molecule has 5 nitrogen and oxygen atoms in total. The maximum absolute atomic E-state index is 12.0. The summed E-state index contributed by atoms with van der Waals surface area (Å²) in [5.74, 6) is -1.16. The lowest BCUT2D eigenvalue weighted by Gasteiger charge is -2.14. The van der Waals surface area contributed by atoms with Crippen molar-refractivity contribution in [2.75, 3.05) is 20.6 Å². The van der Waals surface area contributed by atoms with E-state index < -0.39 is 11.5 Å². The number of carboxylic acids is 1. The number of hydrogen-bond donors (Lipinski definition) is 1. The first kappa shape index (κ1) is 13.4. The Morgan fingerprint density at radius 3 is 2.47 bits per heavy atom. The third kappa shape index (κ3) is 2.94. The van der Waals surface area contributed by atoms with E-state index in [1.165, 1.54) is 4.57 Å². The predicted molar refractivity (Wildman–Crippen MR) is 65.7 cm³/mol. The highest BCUT2D eigenvalue weighted by atomic mass is 16.4. The Kier molecular flexibility index (Phi) is 4.07. The molecule has 17 heavy (non-hydrogen) atoms. The van der Waals surface area contributed by atoms with E-state index in [0.29, 0.717) is 18.7 Å². The average Bonchev–Trinajstić information content (AvgIpc) is 2.21. The van der Waals surface area contributed by atoms with Crippen molar-refractivity contribution in [3.05, 3.63) is 33.2 Å². The van der Waals surface area contributed by atoms with Crippen LogP contribution in [0.2, 0.25) is 0 Å². The lowest BCUT2D eigenvalue weighted by molar-refractivity contribution is 0.0693. The summed E-state index contributed by atoms with van der Waals surface area (Å²) in [6.45, 7) is 4.67. The first-order valence-electron chi connectivity index (χ1n) is 5.43. The number of aryl methyl sites for hydroxylation is 1. The topological polar surface area (TPSA) is 62.5 Å². The van der Waals surface area contributed by atoms with Gasteiger partial charge < -0.3 is 14.6 Å². The third-order valence-electron chi connectivity index (χ3n) is 2.79. The quantitative estimate of drug-likeness (QED) is 0.839. The Balaban J connectivity index is 3.25. The number of aromatic nitrogens is 1. The van der Waals surface area contributed by atoms with Crippen LogP contribution in [0.5, 0.6) is 0 Å². The van der Waals surface area contributed by atoms with Crippen molar-refractivity contribution in [2.24, 2.45) is 0 Å². The van der Waals surface area contributed by atoms with Gasteiger partial charge in [0.15, 0.2) is 0 Å². The van der Waals surface area contributed by atoms with Crippen LogP contribution in [0, 0.1) is 13.8 Å². The summed E-state index contributed by atoms with van der Waals surface area (Å²) in [6, 6.07) is 0. The van der Waals surface area contributed by atoms with Gasteiger partial charge in [0.1, 0.15) is 5.56 Å². The summed E-state index contributed by atoms with van der Waals surface area (Å²) in [5, 5.41) is 9.05. The van der Waals surface area contributed by atoms with E-state index in [1.54, 1.807) is 13.1 Å². The van der Waals surface area contributed by atoms with Crippen LogP contribution in [0.15, 0.2) is 11.0 Å². The van der Waals surface area contributed by atoms with Crippen molar-refractivity contribution < 1.29 is 9.90 Å². The maximum Gasteiger partial charge on any atom is 0.341 e. The molecule has 0 atom stereocenters. The van der Waals surface area contributed by atoms with Gasteiger partial charge in [0, 0.05) is 19.3 Å². The largest absolute Gasteiger partial charge is 0.477 e. The van der Waals surface area contributed by atoms with Gasteiger partial charge in [0.2, 0.25) is 0 Å². The minimum Gasteiger partial charge on any atom is -0.477 e. The molecular formula is C12H18N2O3. The fourth-order valence-electron chi connectivity index (χ4n) is 1.62. The summed E-state index contributed by atoms with van der Waals surface area (Å²) < 4.78 is 1.46. The summed E-state index contributed by atoms with van der Waals surface area (Å²) >= 11 is 0. The van der Waals surface area contributed by atoms with E-state index in [2.05, 4.69) is 0 Å². The second-order valence-electron chi connectivity index (χ2n) is 4.42. The molecule has 0 unspecified atom stereocenters. The fourth-order valence-corrected chi connectivity index (χ4v) is 1.62. The summed E-state index contributed by atoms with van der Waals surface area (Å²) in [6.07, 6.45) is 1.72. The highest BCUT2D eigenvalue weighted by Gasteiger charge is 2.16. The molecule has 1 heterocycles. The van der Waals surface area contributed by atoms with Crippen molar-refractivity contribution >= 4 is 5.97 Å². The van der Waals surface area contributed by atoms with Gasteiger partial charge in [0.05, 0.1) is 0 Å². The van der Waals surface area contributed by atoms with Crippen LogP contribution in [0.1, 0.15) is 21.5 Å². The summed E-state index contributed by atoms with van der Waals surface area (Å²) in [7, 11) is 3.81. The Morgan fingerprint density at radius 1 is 1.41 bits per heavy atom. The van der Waals surface area contributed by atoms with Gasteiger partial charge in [0.25, 0.3) is 5.56 Å². The fraction of sp³-hybridized carbons (Fsp3) is 0.500. The zero-order valence-corrected chi connectivity index (χ0v) is 10.6. The second kappa shape index (κ2) is 5.14. The Bertz CT molecular complexity index is 489. The van der Waals surface area contributed by atoms with Gasteiger partial charge in [-0.15, -0.1) is 0 Å². The monoisotopic (exact) mass is 238 g/mol. The molecular weight excluding hydrogens is 220 g/mol. The van der Waals surface area contributed by atoms with Gasteiger partial charge in [-0.2, -0.15) is 0 Å². The van der Waals surface area contributed by atoms with Crippen LogP contribution in [-0.2, 0) is 6.54 Å². The predicted octanol–water partition coefficient (Wildman–Crippen LogP) is 0.725. The first-order valence-corrected chi connectivity index (χ1v) is 5.43. The molecule has 0 aliphatic rings. The molecule has 1 aromatic heterocycles. The van der Waals surface area contributed by atoms with E-state index in [1.807, 2.05) is 25.9 Å². The molecule has 5 heteroatoms. The molecule has 0 saturated carbocycles. The van der Waals surface area contributed by atoms with Crippen LogP contribution >= 0.6 is 0 Å². The van der Waals surface area contributed by atoms with Crippen molar-refractivity contribution in [2.45, 2.75) is 20.4 Å². The zero-order valence-electron chi connectivity index (χ0n) is 10.6. The SMILES string of the molecule is Cc1cn(CCN(C)C)c(=O)c(C(=O)O)c1C. The van der Waals surface area contributed by atoms with Crippen LogP contribution in [0.25, 0.3) is 0 Å². The number of rotatable bonds is 4. The van der Waals surface area contributed by atoms with Gasteiger partial charge in [-0.3, -0.25) is 4.79 Å². The minimum absolute atomic E-state index is 0.122. The third-order valence-corrected chi connectivity index (χ3v) is 2.79. The number of likely N-dealkylation sites (N-methyl/N-ethyl adjacent to an activating group) is 1. The van der Waals surface area contributed by atoms with E-state index in [-0.39, 0.29) is 5.56 Å². The number of carbonyl (C=O) groups is 1. The molecule has 0 fully saturated rings. The lowest BCUT2D eigenvalue weighted by atomic mass is 10.1. The van der Waals surface area contributed by atoms with E-state index in [0.717, 1.165) is 5.56 Å². The van der Waals surface area contributed by atoms with Crippen LogP contribution in [0.4, 0.5) is 0 Å². The van der Waals surface area contributed by atoms with Crippen LogP contribution < -0.4 is 5.56 Å². The zero-order chi connectivity index (χ0) is 13.2. The van der Waals surface area contributed by atoms with Gasteiger partial charge in [-0.05, 0) is 39.1 Å². The lowest BCUT2D eigenvalue weighted by Crippen LogP contribution is -2.31.